The summed E-state index contributed by atoms with van der Waals surface area (Å²) in [4.78, 5) is 20.6. The second-order valence-corrected chi connectivity index (χ2v) is 4.11. The van der Waals surface area contributed by atoms with Crippen LogP contribution in [0.1, 0.15) is 13.8 Å². The summed E-state index contributed by atoms with van der Waals surface area (Å²) in [5.74, 6) is 0.0696. The van der Waals surface area contributed by atoms with Crippen molar-refractivity contribution in [2.75, 3.05) is 11.4 Å². The monoisotopic (exact) mass is 224 g/mol. The molecule has 0 saturated carbocycles. The standard InChI is InChI=1S/C10H13FN4O/c1-6(2)8-5-15(10(16)14-8)9-12-3-7(11)4-13-9/h3-4,6,8H,5H2,1-2H3,(H,14,16)/t8-/m1/s1. The predicted octanol–water partition coefficient (Wildman–Crippen LogP) is 1.17. The van der Waals surface area contributed by atoms with Crippen molar-refractivity contribution < 1.29 is 9.18 Å². The van der Waals surface area contributed by atoms with Gasteiger partial charge in [0, 0.05) is 0 Å². The number of rotatable bonds is 2. The van der Waals surface area contributed by atoms with E-state index < -0.39 is 5.82 Å². The Bertz CT molecular complexity index is 392. The number of hydrogen-bond acceptors (Lipinski definition) is 3. The Balaban J connectivity index is 2.16. The summed E-state index contributed by atoms with van der Waals surface area (Å²) in [6.07, 6.45) is 2.11. The number of amides is 2. The van der Waals surface area contributed by atoms with Crippen molar-refractivity contribution in [3.05, 3.63) is 18.2 Å². The molecule has 2 amide bonds. The molecule has 0 aromatic carbocycles. The molecule has 1 atom stereocenters. The Labute approximate surface area is 92.7 Å². The highest BCUT2D eigenvalue weighted by atomic mass is 19.1. The van der Waals surface area contributed by atoms with Gasteiger partial charge in [-0.15, -0.1) is 0 Å². The van der Waals surface area contributed by atoms with Crippen LogP contribution in [-0.4, -0.2) is 28.6 Å². The number of halogens is 1. The SMILES string of the molecule is CC(C)[C@H]1CN(c2ncc(F)cn2)C(=O)N1. The molecule has 1 aliphatic rings. The first kappa shape index (κ1) is 10.8. The number of nitrogens with zero attached hydrogens (tertiary/aromatic N) is 3. The summed E-state index contributed by atoms with van der Waals surface area (Å²) < 4.78 is 12.6. The average Bonchev–Trinajstić information content (AvgIpc) is 2.62. The quantitative estimate of drug-likeness (QED) is 0.820. The topological polar surface area (TPSA) is 58.1 Å². The van der Waals surface area contributed by atoms with Crippen molar-refractivity contribution in [2.24, 2.45) is 5.92 Å². The van der Waals surface area contributed by atoms with Crippen molar-refractivity contribution >= 4 is 12.0 Å². The summed E-state index contributed by atoms with van der Waals surface area (Å²) in [5, 5.41) is 2.83. The molecule has 2 heterocycles. The lowest BCUT2D eigenvalue weighted by Gasteiger charge is -2.13. The Morgan fingerprint density at radius 2 is 2.12 bits per heavy atom. The Morgan fingerprint density at radius 1 is 1.50 bits per heavy atom. The number of aromatic nitrogens is 2. The van der Waals surface area contributed by atoms with Crippen LogP contribution < -0.4 is 10.2 Å². The lowest BCUT2D eigenvalue weighted by atomic mass is 10.1. The molecule has 1 saturated heterocycles. The molecular formula is C10H13FN4O. The molecule has 5 nitrogen and oxygen atoms in total. The summed E-state index contributed by atoms with van der Waals surface area (Å²) >= 11 is 0. The third-order valence-electron chi connectivity index (χ3n) is 2.59. The van der Waals surface area contributed by atoms with Crippen LogP contribution >= 0.6 is 0 Å². The van der Waals surface area contributed by atoms with Crippen LogP contribution in [-0.2, 0) is 0 Å². The maximum absolute atomic E-state index is 12.6. The van der Waals surface area contributed by atoms with Crippen molar-refractivity contribution in [3.8, 4) is 0 Å². The fraction of sp³-hybridized carbons (Fsp3) is 0.500. The van der Waals surface area contributed by atoms with Gasteiger partial charge in [-0.3, -0.25) is 4.90 Å². The lowest BCUT2D eigenvalue weighted by Crippen LogP contribution is -2.31. The molecule has 0 unspecified atom stereocenters. The normalized spacial score (nSPS) is 20.4. The number of urea groups is 1. The van der Waals surface area contributed by atoms with Gasteiger partial charge in [0.2, 0.25) is 5.95 Å². The molecular weight excluding hydrogens is 211 g/mol. The molecule has 2 rings (SSSR count). The van der Waals surface area contributed by atoms with Gasteiger partial charge in [-0.25, -0.2) is 19.2 Å². The van der Waals surface area contributed by atoms with E-state index in [2.05, 4.69) is 15.3 Å². The summed E-state index contributed by atoms with van der Waals surface area (Å²) in [6, 6.07) is -0.147. The molecule has 0 spiro atoms. The third kappa shape index (κ3) is 1.95. The van der Waals surface area contributed by atoms with Crippen LogP contribution in [0, 0.1) is 11.7 Å². The van der Waals surface area contributed by atoms with Crippen LogP contribution in [0.25, 0.3) is 0 Å². The largest absolute Gasteiger partial charge is 0.333 e. The molecule has 86 valence electrons. The van der Waals surface area contributed by atoms with Gasteiger partial charge in [0.25, 0.3) is 0 Å². The minimum atomic E-state index is -0.510. The van der Waals surface area contributed by atoms with E-state index in [0.717, 1.165) is 12.4 Å². The van der Waals surface area contributed by atoms with E-state index >= 15 is 0 Å². The zero-order valence-electron chi connectivity index (χ0n) is 9.14. The maximum atomic E-state index is 12.6. The second-order valence-electron chi connectivity index (χ2n) is 4.11. The van der Waals surface area contributed by atoms with Crippen LogP contribution in [0.2, 0.25) is 0 Å². The number of nitrogens with one attached hydrogen (secondary N) is 1. The fourth-order valence-corrected chi connectivity index (χ4v) is 1.56. The molecule has 1 fully saturated rings. The van der Waals surface area contributed by atoms with Gasteiger partial charge >= 0.3 is 6.03 Å². The zero-order valence-corrected chi connectivity index (χ0v) is 9.14. The summed E-state index contributed by atoms with van der Waals surface area (Å²) in [5.41, 5.74) is 0. The minimum absolute atomic E-state index is 0.0844. The van der Waals surface area contributed by atoms with Crippen molar-refractivity contribution in [3.63, 3.8) is 0 Å². The van der Waals surface area contributed by atoms with Crippen LogP contribution in [0.15, 0.2) is 12.4 Å². The summed E-state index contributed by atoms with van der Waals surface area (Å²) in [7, 11) is 0. The van der Waals surface area contributed by atoms with Crippen LogP contribution in [0.4, 0.5) is 15.1 Å². The van der Waals surface area contributed by atoms with E-state index in [1.54, 1.807) is 0 Å². The summed E-state index contributed by atoms with van der Waals surface area (Å²) in [6.45, 7) is 4.57. The first-order chi connectivity index (χ1) is 7.58. The van der Waals surface area contributed by atoms with Crippen LogP contribution in [0.3, 0.4) is 0 Å². The highest BCUT2D eigenvalue weighted by Crippen LogP contribution is 2.16. The van der Waals surface area contributed by atoms with Crippen LogP contribution in [0.5, 0.6) is 0 Å². The zero-order chi connectivity index (χ0) is 11.7. The van der Waals surface area contributed by atoms with Crippen molar-refractivity contribution in [2.45, 2.75) is 19.9 Å². The van der Waals surface area contributed by atoms with E-state index in [1.807, 2.05) is 13.8 Å². The van der Waals surface area contributed by atoms with Gasteiger partial charge in [-0.2, -0.15) is 0 Å². The van der Waals surface area contributed by atoms with Gasteiger partial charge < -0.3 is 5.32 Å². The van der Waals surface area contributed by atoms with Gasteiger partial charge in [0.05, 0.1) is 25.0 Å². The smallest absolute Gasteiger partial charge is 0.324 e. The number of anilines is 1. The van der Waals surface area contributed by atoms with Crippen molar-refractivity contribution in [1.29, 1.82) is 0 Å². The Hall–Kier alpha value is -1.72. The van der Waals surface area contributed by atoms with Gasteiger partial charge in [0.1, 0.15) is 0 Å². The molecule has 1 aromatic rings. The first-order valence-electron chi connectivity index (χ1n) is 5.13. The van der Waals surface area contributed by atoms with E-state index in [9.17, 15) is 9.18 Å². The minimum Gasteiger partial charge on any atom is -0.333 e. The highest BCUT2D eigenvalue weighted by Gasteiger charge is 2.32. The Morgan fingerprint density at radius 3 is 2.62 bits per heavy atom. The lowest BCUT2D eigenvalue weighted by molar-refractivity contribution is 0.249. The highest BCUT2D eigenvalue weighted by molar-refractivity contribution is 5.92. The van der Waals surface area contributed by atoms with E-state index in [1.165, 1.54) is 4.90 Å². The number of hydrogen-bond donors (Lipinski definition) is 1. The van der Waals surface area contributed by atoms with Crippen molar-refractivity contribution in [1.82, 2.24) is 15.3 Å². The number of carbonyl (C=O) groups excluding carboxylic acids is 1. The molecule has 16 heavy (non-hydrogen) atoms. The van der Waals surface area contributed by atoms with Gasteiger partial charge in [-0.1, -0.05) is 13.8 Å². The molecule has 1 aliphatic heterocycles. The first-order valence-corrected chi connectivity index (χ1v) is 5.13. The molecule has 0 radical (unpaired) electrons. The van der Waals surface area contributed by atoms with E-state index in [4.69, 9.17) is 0 Å². The second kappa shape index (κ2) is 4.03. The van der Waals surface area contributed by atoms with Gasteiger partial charge in [-0.05, 0) is 5.92 Å². The predicted molar refractivity (Wildman–Crippen MR) is 56.5 cm³/mol. The molecule has 6 heteroatoms. The fourth-order valence-electron chi connectivity index (χ4n) is 1.56. The van der Waals surface area contributed by atoms with Gasteiger partial charge in [0.15, 0.2) is 5.82 Å². The third-order valence-corrected chi connectivity index (χ3v) is 2.59. The Kier molecular flexibility index (Phi) is 2.72. The molecule has 1 N–H and O–H groups in total. The average molecular weight is 224 g/mol. The number of carbonyl (C=O) groups is 1. The maximum Gasteiger partial charge on any atom is 0.324 e. The molecule has 0 bridgehead atoms. The molecule has 1 aromatic heterocycles. The van der Waals surface area contributed by atoms with E-state index in [-0.39, 0.29) is 18.0 Å². The molecule has 0 aliphatic carbocycles. The van der Waals surface area contributed by atoms with E-state index in [0.29, 0.717) is 12.5 Å².